The molecule has 0 radical (unpaired) electrons. The van der Waals surface area contributed by atoms with Gasteiger partial charge in [0, 0.05) is 12.2 Å². The van der Waals surface area contributed by atoms with E-state index in [2.05, 4.69) is 10.2 Å². The molecule has 0 unspecified atom stereocenters. The summed E-state index contributed by atoms with van der Waals surface area (Å²) in [6, 6.07) is 0. The van der Waals surface area contributed by atoms with Gasteiger partial charge in [-0.05, 0) is 13.8 Å². The number of carbonyl (C=O) groups is 1. The summed E-state index contributed by atoms with van der Waals surface area (Å²) in [5, 5.41) is 6.80. The Hall–Kier alpha value is -1.36. The molecule has 0 aromatic carbocycles. The van der Waals surface area contributed by atoms with Crippen molar-refractivity contribution >= 4 is 5.91 Å². The van der Waals surface area contributed by atoms with E-state index in [9.17, 15) is 4.79 Å². The van der Waals surface area contributed by atoms with Crippen LogP contribution in [0.15, 0.2) is 0 Å². The van der Waals surface area contributed by atoms with Crippen LogP contribution in [0.4, 0.5) is 0 Å². The summed E-state index contributed by atoms with van der Waals surface area (Å²) < 4.78 is 5.13. The second-order valence-electron chi connectivity index (χ2n) is 3.41. The number of rotatable bonds is 1. The van der Waals surface area contributed by atoms with E-state index in [-0.39, 0.29) is 5.91 Å². The van der Waals surface area contributed by atoms with Crippen LogP contribution in [0.5, 0.6) is 0 Å². The summed E-state index contributed by atoms with van der Waals surface area (Å²) >= 11 is 0. The minimum absolute atomic E-state index is 0.00579. The number of aryl methyl sites for hydroxylation is 2. The second kappa shape index (κ2) is 3.42. The van der Waals surface area contributed by atoms with Crippen molar-refractivity contribution in [2.24, 2.45) is 0 Å². The van der Waals surface area contributed by atoms with E-state index in [4.69, 9.17) is 4.74 Å². The van der Waals surface area contributed by atoms with Gasteiger partial charge >= 0.3 is 0 Å². The number of ether oxygens (including phenoxy) is 1. The molecule has 1 N–H and O–H groups in total. The molecule has 0 atom stereocenters. The molecular weight excluding hydrogens is 182 g/mol. The van der Waals surface area contributed by atoms with Gasteiger partial charge in [-0.2, -0.15) is 5.10 Å². The first kappa shape index (κ1) is 9.21. The summed E-state index contributed by atoms with van der Waals surface area (Å²) in [6.07, 6.45) is 0. The lowest BCUT2D eigenvalue weighted by atomic mass is 10.2. The van der Waals surface area contributed by atoms with Crippen LogP contribution >= 0.6 is 0 Å². The highest BCUT2D eigenvalue weighted by Crippen LogP contribution is 2.14. The Morgan fingerprint density at radius 2 is 2.36 bits per heavy atom. The van der Waals surface area contributed by atoms with Crippen LogP contribution in [0.1, 0.15) is 21.7 Å². The molecule has 5 heteroatoms. The third-order valence-corrected chi connectivity index (χ3v) is 2.38. The molecule has 0 bridgehead atoms. The van der Waals surface area contributed by atoms with Crippen LogP contribution in [0.3, 0.4) is 0 Å². The molecule has 0 aliphatic carbocycles. The lowest BCUT2D eigenvalue weighted by molar-refractivity contribution is 0.0693. The maximum absolute atomic E-state index is 11.9. The Morgan fingerprint density at radius 1 is 1.57 bits per heavy atom. The maximum Gasteiger partial charge on any atom is 0.259 e. The quantitative estimate of drug-likeness (QED) is 0.708. The summed E-state index contributed by atoms with van der Waals surface area (Å²) in [5.74, 6) is 0.00579. The Morgan fingerprint density at radius 3 is 2.86 bits per heavy atom. The average Bonchev–Trinajstić information content (AvgIpc) is 2.75. The predicted octanol–water partition coefficient (Wildman–Crippen LogP) is 0.456. The van der Waals surface area contributed by atoms with E-state index in [1.807, 2.05) is 13.8 Å². The number of hydrogen-bond donors (Lipinski definition) is 1. The minimum Gasteiger partial charge on any atom is -0.359 e. The van der Waals surface area contributed by atoms with Crippen LogP contribution < -0.4 is 0 Å². The largest absolute Gasteiger partial charge is 0.359 e. The number of hydrogen-bond acceptors (Lipinski definition) is 3. The molecule has 0 spiro atoms. The lowest BCUT2D eigenvalue weighted by Crippen LogP contribution is -2.29. The monoisotopic (exact) mass is 195 g/mol. The minimum atomic E-state index is 0.00579. The smallest absolute Gasteiger partial charge is 0.259 e. The fourth-order valence-corrected chi connectivity index (χ4v) is 1.60. The number of aromatic nitrogens is 2. The topological polar surface area (TPSA) is 58.2 Å². The van der Waals surface area contributed by atoms with Gasteiger partial charge in [0.15, 0.2) is 0 Å². The Labute approximate surface area is 82.0 Å². The molecule has 1 aliphatic heterocycles. The Bertz CT molecular complexity index is 333. The SMILES string of the molecule is Cc1n[nH]c(C)c1C(=O)N1CCOC1. The van der Waals surface area contributed by atoms with E-state index in [0.717, 1.165) is 11.4 Å². The van der Waals surface area contributed by atoms with Gasteiger partial charge < -0.3 is 9.64 Å². The van der Waals surface area contributed by atoms with Crippen molar-refractivity contribution in [3.63, 3.8) is 0 Å². The van der Waals surface area contributed by atoms with E-state index < -0.39 is 0 Å². The summed E-state index contributed by atoms with van der Waals surface area (Å²) in [4.78, 5) is 13.6. The van der Waals surface area contributed by atoms with Crippen molar-refractivity contribution in [2.75, 3.05) is 19.9 Å². The Kier molecular flexibility index (Phi) is 2.25. The summed E-state index contributed by atoms with van der Waals surface area (Å²) in [5.41, 5.74) is 2.24. The lowest BCUT2D eigenvalue weighted by Gasteiger charge is -2.13. The van der Waals surface area contributed by atoms with E-state index in [1.165, 1.54) is 0 Å². The second-order valence-corrected chi connectivity index (χ2v) is 3.41. The molecule has 1 aromatic heterocycles. The van der Waals surface area contributed by atoms with Gasteiger partial charge in [-0.1, -0.05) is 0 Å². The van der Waals surface area contributed by atoms with Crippen molar-refractivity contribution in [1.29, 1.82) is 0 Å². The zero-order valence-corrected chi connectivity index (χ0v) is 8.33. The molecule has 5 nitrogen and oxygen atoms in total. The fourth-order valence-electron chi connectivity index (χ4n) is 1.60. The highest BCUT2D eigenvalue weighted by molar-refractivity contribution is 5.96. The first-order chi connectivity index (χ1) is 6.70. The highest BCUT2D eigenvalue weighted by atomic mass is 16.5. The Balaban J connectivity index is 2.25. The molecule has 2 heterocycles. The average molecular weight is 195 g/mol. The van der Waals surface area contributed by atoms with E-state index in [0.29, 0.717) is 25.4 Å². The number of nitrogens with one attached hydrogen (secondary N) is 1. The molecule has 1 aromatic rings. The van der Waals surface area contributed by atoms with Gasteiger partial charge in [0.25, 0.3) is 5.91 Å². The number of carbonyl (C=O) groups excluding carboxylic acids is 1. The molecule has 0 saturated carbocycles. The van der Waals surface area contributed by atoms with E-state index >= 15 is 0 Å². The number of H-pyrrole nitrogens is 1. The van der Waals surface area contributed by atoms with Crippen LogP contribution in [0.25, 0.3) is 0 Å². The van der Waals surface area contributed by atoms with Crippen molar-refractivity contribution < 1.29 is 9.53 Å². The van der Waals surface area contributed by atoms with Crippen molar-refractivity contribution in [3.8, 4) is 0 Å². The molecule has 14 heavy (non-hydrogen) atoms. The molecule has 2 rings (SSSR count). The summed E-state index contributed by atoms with van der Waals surface area (Å²) in [7, 11) is 0. The standard InChI is InChI=1S/C9H13N3O2/c1-6-8(7(2)11-10-6)9(13)12-3-4-14-5-12/h3-5H2,1-2H3,(H,10,11). The summed E-state index contributed by atoms with van der Waals surface area (Å²) in [6.45, 7) is 5.37. The van der Waals surface area contributed by atoms with Crippen molar-refractivity contribution in [1.82, 2.24) is 15.1 Å². The zero-order valence-electron chi connectivity index (χ0n) is 8.33. The predicted molar refractivity (Wildman–Crippen MR) is 49.9 cm³/mol. The highest BCUT2D eigenvalue weighted by Gasteiger charge is 2.24. The number of nitrogens with zero attached hydrogens (tertiary/aromatic N) is 2. The van der Waals surface area contributed by atoms with E-state index in [1.54, 1.807) is 4.90 Å². The molecule has 1 amide bonds. The van der Waals surface area contributed by atoms with Gasteiger partial charge in [0.05, 0.1) is 17.9 Å². The maximum atomic E-state index is 11.9. The van der Waals surface area contributed by atoms with Gasteiger partial charge in [-0.3, -0.25) is 9.89 Å². The molecular formula is C9H13N3O2. The number of amides is 1. The first-order valence-electron chi connectivity index (χ1n) is 4.58. The third-order valence-electron chi connectivity index (χ3n) is 2.38. The van der Waals surface area contributed by atoms with Gasteiger partial charge in [0.1, 0.15) is 6.73 Å². The first-order valence-corrected chi connectivity index (χ1v) is 4.58. The van der Waals surface area contributed by atoms with Crippen LogP contribution in [-0.2, 0) is 4.74 Å². The zero-order chi connectivity index (χ0) is 10.1. The normalized spacial score (nSPS) is 16.3. The molecule has 1 fully saturated rings. The van der Waals surface area contributed by atoms with Crippen LogP contribution in [-0.4, -0.2) is 40.9 Å². The van der Waals surface area contributed by atoms with Crippen molar-refractivity contribution in [3.05, 3.63) is 17.0 Å². The fraction of sp³-hybridized carbons (Fsp3) is 0.556. The molecule has 1 aliphatic rings. The number of aromatic amines is 1. The third kappa shape index (κ3) is 1.39. The molecule has 1 saturated heterocycles. The van der Waals surface area contributed by atoms with Crippen LogP contribution in [0, 0.1) is 13.8 Å². The van der Waals surface area contributed by atoms with Gasteiger partial charge in [-0.25, -0.2) is 0 Å². The van der Waals surface area contributed by atoms with Crippen molar-refractivity contribution in [2.45, 2.75) is 13.8 Å². The van der Waals surface area contributed by atoms with Crippen LogP contribution in [0.2, 0.25) is 0 Å². The molecule has 76 valence electrons. The van der Waals surface area contributed by atoms with Gasteiger partial charge in [0.2, 0.25) is 0 Å². The van der Waals surface area contributed by atoms with Gasteiger partial charge in [-0.15, -0.1) is 0 Å².